The Morgan fingerprint density at radius 3 is 2.86 bits per heavy atom. The molecule has 0 unspecified atom stereocenters. The van der Waals surface area contributed by atoms with Gasteiger partial charge in [0.1, 0.15) is 5.82 Å². The molecule has 2 aromatic rings. The van der Waals surface area contributed by atoms with Crippen molar-refractivity contribution in [1.29, 1.82) is 0 Å². The lowest BCUT2D eigenvalue weighted by atomic mass is 10.1. The van der Waals surface area contributed by atoms with Crippen LogP contribution in [0.4, 0.5) is 15.8 Å². The fourth-order valence-corrected chi connectivity index (χ4v) is 2.50. The first-order valence-corrected chi connectivity index (χ1v) is 7.01. The van der Waals surface area contributed by atoms with Crippen LogP contribution in [0.25, 0.3) is 0 Å². The van der Waals surface area contributed by atoms with Gasteiger partial charge in [0.05, 0.1) is 12.1 Å². The van der Waals surface area contributed by atoms with Crippen LogP contribution in [-0.2, 0) is 11.2 Å². The van der Waals surface area contributed by atoms with Gasteiger partial charge < -0.3 is 10.6 Å². The molecule has 6 heteroatoms. The van der Waals surface area contributed by atoms with E-state index in [1.54, 1.807) is 18.2 Å². The third-order valence-corrected chi connectivity index (χ3v) is 3.86. The predicted octanol–water partition coefficient (Wildman–Crippen LogP) is 3.34. The van der Waals surface area contributed by atoms with Gasteiger partial charge in [0.25, 0.3) is 5.91 Å². The van der Waals surface area contributed by atoms with Crippen LogP contribution < -0.4 is 10.6 Å². The van der Waals surface area contributed by atoms with Gasteiger partial charge in [-0.05, 0) is 57.9 Å². The van der Waals surface area contributed by atoms with Gasteiger partial charge in [-0.1, -0.05) is 0 Å². The quantitative estimate of drug-likeness (QED) is 0.874. The summed E-state index contributed by atoms with van der Waals surface area (Å²) >= 11 is 3.25. The molecule has 0 aromatic heterocycles. The van der Waals surface area contributed by atoms with Gasteiger partial charge in [-0.25, -0.2) is 4.39 Å². The summed E-state index contributed by atoms with van der Waals surface area (Å²) in [6.07, 6.45) is 0.264. The van der Waals surface area contributed by atoms with Crippen LogP contribution in [0.1, 0.15) is 15.9 Å². The van der Waals surface area contributed by atoms with Gasteiger partial charge in [0.15, 0.2) is 0 Å². The Bertz CT molecular complexity index is 761. The molecular weight excluding hydrogens is 339 g/mol. The number of nitrogens with one attached hydrogen (secondary N) is 2. The third kappa shape index (κ3) is 2.80. The Balaban J connectivity index is 1.85. The van der Waals surface area contributed by atoms with E-state index in [1.165, 1.54) is 18.2 Å². The predicted molar refractivity (Wildman–Crippen MR) is 80.8 cm³/mol. The lowest BCUT2D eigenvalue weighted by molar-refractivity contribution is -0.115. The van der Waals surface area contributed by atoms with Crippen molar-refractivity contribution >= 4 is 39.1 Å². The van der Waals surface area contributed by atoms with E-state index in [0.717, 1.165) is 11.3 Å². The standard InChI is InChI=1S/C15H10BrFN2O2/c16-11-3-2-10(17)7-13(11)19-15(21)8-1-4-12-9(5-8)6-14(20)18-12/h1-5,7H,6H2,(H,18,20)(H,19,21). The molecule has 1 aliphatic rings. The molecule has 0 radical (unpaired) electrons. The molecule has 0 saturated heterocycles. The summed E-state index contributed by atoms with van der Waals surface area (Å²) in [6, 6.07) is 9.03. The number of rotatable bonds is 2. The van der Waals surface area contributed by atoms with E-state index in [2.05, 4.69) is 26.6 Å². The van der Waals surface area contributed by atoms with Crippen molar-refractivity contribution in [2.75, 3.05) is 10.6 Å². The summed E-state index contributed by atoms with van der Waals surface area (Å²) in [6.45, 7) is 0. The van der Waals surface area contributed by atoms with Crippen LogP contribution in [0.3, 0.4) is 0 Å². The van der Waals surface area contributed by atoms with E-state index in [4.69, 9.17) is 0 Å². The van der Waals surface area contributed by atoms with Gasteiger partial charge in [-0.2, -0.15) is 0 Å². The molecule has 0 atom stereocenters. The molecule has 2 N–H and O–H groups in total. The second-order valence-corrected chi connectivity index (χ2v) is 5.53. The average molecular weight is 349 g/mol. The van der Waals surface area contributed by atoms with E-state index in [1.807, 2.05) is 0 Å². The first-order valence-electron chi connectivity index (χ1n) is 6.22. The number of halogens is 2. The normalized spacial score (nSPS) is 12.8. The monoisotopic (exact) mass is 348 g/mol. The van der Waals surface area contributed by atoms with Crippen molar-refractivity contribution in [3.8, 4) is 0 Å². The number of carbonyl (C=O) groups is 2. The molecule has 1 aliphatic heterocycles. The van der Waals surface area contributed by atoms with Gasteiger partial charge in [0, 0.05) is 15.7 Å². The lowest BCUT2D eigenvalue weighted by Crippen LogP contribution is -2.12. The number of hydrogen-bond donors (Lipinski definition) is 2. The van der Waals surface area contributed by atoms with Crippen LogP contribution in [-0.4, -0.2) is 11.8 Å². The molecule has 1 heterocycles. The number of carbonyl (C=O) groups excluding carboxylic acids is 2. The second kappa shape index (κ2) is 5.29. The van der Waals surface area contributed by atoms with Crippen LogP contribution in [0.15, 0.2) is 40.9 Å². The summed E-state index contributed by atoms with van der Waals surface area (Å²) in [5.74, 6) is -0.879. The molecule has 0 spiro atoms. The molecular formula is C15H10BrFN2O2. The Hall–Kier alpha value is -2.21. The van der Waals surface area contributed by atoms with Gasteiger partial charge >= 0.3 is 0 Å². The highest BCUT2D eigenvalue weighted by atomic mass is 79.9. The smallest absolute Gasteiger partial charge is 0.255 e. The highest BCUT2D eigenvalue weighted by Gasteiger charge is 2.19. The SMILES string of the molecule is O=C1Cc2cc(C(=O)Nc3cc(F)ccc3Br)ccc2N1. The number of hydrogen-bond acceptors (Lipinski definition) is 2. The first kappa shape index (κ1) is 13.8. The minimum atomic E-state index is -0.433. The molecule has 0 aliphatic carbocycles. The van der Waals surface area contributed by atoms with E-state index < -0.39 is 5.82 Å². The van der Waals surface area contributed by atoms with E-state index in [9.17, 15) is 14.0 Å². The molecule has 4 nitrogen and oxygen atoms in total. The fraction of sp³-hybridized carbons (Fsp3) is 0.0667. The maximum atomic E-state index is 13.2. The molecule has 106 valence electrons. The minimum Gasteiger partial charge on any atom is -0.326 e. The maximum absolute atomic E-state index is 13.2. The zero-order valence-electron chi connectivity index (χ0n) is 10.7. The van der Waals surface area contributed by atoms with E-state index in [-0.39, 0.29) is 18.2 Å². The molecule has 2 aromatic carbocycles. The fourth-order valence-electron chi connectivity index (χ4n) is 2.16. The number of anilines is 2. The topological polar surface area (TPSA) is 58.2 Å². The number of amides is 2. The minimum absolute atomic E-state index is 0.0876. The third-order valence-electron chi connectivity index (χ3n) is 3.17. The zero-order chi connectivity index (χ0) is 15.0. The molecule has 0 saturated carbocycles. The lowest BCUT2D eigenvalue weighted by Gasteiger charge is -2.08. The second-order valence-electron chi connectivity index (χ2n) is 4.68. The van der Waals surface area contributed by atoms with Gasteiger partial charge in [-0.15, -0.1) is 0 Å². The van der Waals surface area contributed by atoms with Crippen molar-refractivity contribution < 1.29 is 14.0 Å². The van der Waals surface area contributed by atoms with Crippen molar-refractivity contribution in [2.45, 2.75) is 6.42 Å². The summed E-state index contributed by atoms with van der Waals surface area (Å²) in [7, 11) is 0. The molecule has 21 heavy (non-hydrogen) atoms. The largest absolute Gasteiger partial charge is 0.326 e. The Morgan fingerprint density at radius 2 is 2.05 bits per heavy atom. The maximum Gasteiger partial charge on any atom is 0.255 e. The van der Waals surface area contributed by atoms with Crippen LogP contribution in [0.2, 0.25) is 0 Å². The number of fused-ring (bicyclic) bond motifs is 1. The molecule has 0 fully saturated rings. The molecule has 0 bridgehead atoms. The molecule has 3 rings (SSSR count). The average Bonchev–Trinajstić information content (AvgIpc) is 2.81. The van der Waals surface area contributed by atoms with Crippen LogP contribution in [0, 0.1) is 5.82 Å². The Morgan fingerprint density at radius 1 is 1.24 bits per heavy atom. The van der Waals surface area contributed by atoms with Crippen molar-refractivity contribution in [3.63, 3.8) is 0 Å². The van der Waals surface area contributed by atoms with E-state index >= 15 is 0 Å². The number of benzene rings is 2. The Labute approximate surface area is 128 Å². The zero-order valence-corrected chi connectivity index (χ0v) is 12.3. The summed E-state index contributed by atoms with van der Waals surface area (Å²) in [5.41, 5.74) is 2.28. The summed E-state index contributed by atoms with van der Waals surface area (Å²) < 4.78 is 13.8. The van der Waals surface area contributed by atoms with Gasteiger partial charge in [0.2, 0.25) is 5.91 Å². The van der Waals surface area contributed by atoms with Gasteiger partial charge in [-0.3, -0.25) is 9.59 Å². The van der Waals surface area contributed by atoms with Crippen molar-refractivity contribution in [3.05, 3.63) is 57.8 Å². The summed E-state index contributed by atoms with van der Waals surface area (Å²) in [4.78, 5) is 23.5. The van der Waals surface area contributed by atoms with Crippen LogP contribution >= 0.6 is 15.9 Å². The molecule has 2 amide bonds. The Kier molecular flexibility index (Phi) is 3.47. The first-order chi connectivity index (χ1) is 10.0. The van der Waals surface area contributed by atoms with E-state index in [0.29, 0.717) is 15.7 Å². The highest BCUT2D eigenvalue weighted by Crippen LogP contribution is 2.26. The summed E-state index contributed by atoms with van der Waals surface area (Å²) in [5, 5.41) is 5.34. The highest BCUT2D eigenvalue weighted by molar-refractivity contribution is 9.10. The van der Waals surface area contributed by atoms with Crippen molar-refractivity contribution in [1.82, 2.24) is 0 Å². The van der Waals surface area contributed by atoms with Crippen LogP contribution in [0.5, 0.6) is 0 Å². The van der Waals surface area contributed by atoms with Crippen molar-refractivity contribution in [2.24, 2.45) is 0 Å².